The molecule has 2 heterocycles. The lowest BCUT2D eigenvalue weighted by molar-refractivity contribution is -0.141. The molecule has 0 aliphatic carbocycles. The Balaban J connectivity index is 1.65. The average molecular weight is 467 g/mol. The summed E-state index contributed by atoms with van der Waals surface area (Å²) in [6.45, 7) is 0. The van der Waals surface area contributed by atoms with Gasteiger partial charge >= 0.3 is 5.97 Å². The smallest absolute Gasteiger partial charge is 0.326 e. The fourth-order valence-electron chi connectivity index (χ4n) is 3.97. The number of hydrogen-bond donors (Lipinski definition) is 3. The van der Waals surface area contributed by atoms with Crippen molar-refractivity contribution in [3.63, 3.8) is 0 Å². The highest BCUT2D eigenvalue weighted by molar-refractivity contribution is 5.88. The van der Waals surface area contributed by atoms with Crippen LogP contribution in [0.25, 0.3) is 22.5 Å². The van der Waals surface area contributed by atoms with Crippen LogP contribution in [0, 0.1) is 0 Å². The first-order valence-corrected chi connectivity index (χ1v) is 11.3. The highest BCUT2D eigenvalue weighted by Gasteiger charge is 2.26. The van der Waals surface area contributed by atoms with Gasteiger partial charge in [0.15, 0.2) is 0 Å². The molecule has 4 rings (SSSR count). The molecule has 2 aromatic heterocycles. The summed E-state index contributed by atoms with van der Waals surface area (Å²) >= 11 is 0. The third-order valence-electron chi connectivity index (χ3n) is 5.72. The molecule has 35 heavy (non-hydrogen) atoms. The van der Waals surface area contributed by atoms with Gasteiger partial charge in [0.1, 0.15) is 6.04 Å². The monoisotopic (exact) mass is 466 g/mol. The normalized spacial score (nSPS) is 12.5. The van der Waals surface area contributed by atoms with Crippen LogP contribution in [0.2, 0.25) is 0 Å². The highest BCUT2D eigenvalue weighted by atomic mass is 16.4. The summed E-state index contributed by atoms with van der Waals surface area (Å²) in [4.78, 5) is 34.0. The van der Waals surface area contributed by atoms with Crippen LogP contribution in [-0.4, -0.2) is 39.0 Å². The minimum atomic E-state index is -1.18. The quantitative estimate of drug-likeness (QED) is 0.348. The van der Waals surface area contributed by atoms with Crippen LogP contribution in [0.5, 0.6) is 0 Å². The van der Waals surface area contributed by atoms with Crippen molar-refractivity contribution in [3.05, 3.63) is 108 Å². The highest BCUT2D eigenvalue weighted by Crippen LogP contribution is 2.31. The van der Waals surface area contributed by atoms with E-state index in [4.69, 9.17) is 5.73 Å². The Morgan fingerprint density at radius 3 is 1.86 bits per heavy atom. The number of carboxylic acid groups (broad SMARTS) is 1. The summed E-state index contributed by atoms with van der Waals surface area (Å²) in [5.74, 6) is -1.66. The van der Waals surface area contributed by atoms with Crippen molar-refractivity contribution in [2.75, 3.05) is 0 Å². The number of nitrogens with two attached hydrogens (primary N) is 1. The van der Waals surface area contributed by atoms with Crippen LogP contribution in [0.4, 0.5) is 0 Å². The van der Waals surface area contributed by atoms with Crippen molar-refractivity contribution in [1.82, 2.24) is 15.3 Å². The van der Waals surface area contributed by atoms with E-state index in [0.29, 0.717) is 17.8 Å². The zero-order valence-electron chi connectivity index (χ0n) is 19.0. The summed E-state index contributed by atoms with van der Waals surface area (Å²) in [6.07, 6.45) is 3.72. The van der Waals surface area contributed by atoms with Crippen LogP contribution >= 0.6 is 0 Å². The summed E-state index contributed by atoms with van der Waals surface area (Å²) < 4.78 is 0. The van der Waals surface area contributed by atoms with Crippen molar-refractivity contribution in [1.29, 1.82) is 0 Å². The molecule has 4 aromatic rings. The molecule has 0 fully saturated rings. The maximum Gasteiger partial charge on any atom is 0.326 e. The molecule has 7 nitrogen and oxygen atoms in total. The van der Waals surface area contributed by atoms with Gasteiger partial charge in [-0.2, -0.15) is 0 Å². The maximum atomic E-state index is 12.8. The van der Waals surface area contributed by atoms with Gasteiger partial charge in [-0.3, -0.25) is 14.8 Å². The number of aliphatic carboxylic acids is 1. The number of nitrogens with one attached hydrogen (secondary N) is 1. The van der Waals surface area contributed by atoms with E-state index in [1.165, 1.54) is 0 Å². The number of amides is 1. The molecular weight excluding hydrogens is 440 g/mol. The van der Waals surface area contributed by atoms with Gasteiger partial charge in [-0.25, -0.2) is 4.79 Å². The van der Waals surface area contributed by atoms with E-state index in [1.807, 2.05) is 84.9 Å². The number of benzene rings is 2. The zero-order chi connectivity index (χ0) is 24.6. The number of carboxylic acids is 1. The van der Waals surface area contributed by atoms with E-state index in [0.717, 1.165) is 22.3 Å². The van der Waals surface area contributed by atoms with Crippen molar-refractivity contribution < 1.29 is 14.7 Å². The summed E-state index contributed by atoms with van der Waals surface area (Å²) in [5, 5.41) is 12.6. The Hall–Kier alpha value is -4.36. The number of nitrogens with zero attached hydrogens (tertiary/aromatic N) is 2. The van der Waals surface area contributed by atoms with Gasteiger partial charge in [-0.15, -0.1) is 0 Å². The zero-order valence-corrected chi connectivity index (χ0v) is 19.0. The number of rotatable bonds is 9. The molecule has 7 heteroatoms. The lowest BCUT2D eigenvalue weighted by Crippen LogP contribution is -2.50. The number of aromatic nitrogens is 2. The molecule has 1 amide bonds. The molecule has 0 saturated heterocycles. The first-order chi connectivity index (χ1) is 17.0. The van der Waals surface area contributed by atoms with Crippen LogP contribution in [0.1, 0.15) is 11.1 Å². The molecule has 0 unspecified atom stereocenters. The fraction of sp³-hybridized carbons (Fsp3) is 0.143. The van der Waals surface area contributed by atoms with Crippen LogP contribution in [0.15, 0.2) is 97.3 Å². The van der Waals surface area contributed by atoms with Gasteiger partial charge in [0.25, 0.3) is 0 Å². The Labute approximate surface area is 203 Å². The molecule has 2 atom stereocenters. The number of carbonyl (C=O) groups is 2. The molecule has 4 N–H and O–H groups in total. The van der Waals surface area contributed by atoms with Crippen molar-refractivity contribution in [2.45, 2.75) is 24.9 Å². The second-order valence-corrected chi connectivity index (χ2v) is 8.16. The third kappa shape index (κ3) is 5.96. The van der Waals surface area contributed by atoms with Crippen molar-refractivity contribution >= 4 is 11.9 Å². The van der Waals surface area contributed by atoms with Crippen LogP contribution in [-0.2, 0) is 22.4 Å². The topological polar surface area (TPSA) is 118 Å². The Morgan fingerprint density at radius 1 is 0.771 bits per heavy atom. The Kier molecular flexibility index (Phi) is 7.60. The van der Waals surface area contributed by atoms with Gasteiger partial charge in [0, 0.05) is 29.9 Å². The fourth-order valence-corrected chi connectivity index (χ4v) is 3.97. The second kappa shape index (κ2) is 11.2. The maximum absolute atomic E-state index is 12.8. The van der Waals surface area contributed by atoms with Gasteiger partial charge in [-0.1, -0.05) is 60.7 Å². The summed E-state index contributed by atoms with van der Waals surface area (Å²) in [5.41, 5.74) is 10.7. The van der Waals surface area contributed by atoms with Crippen LogP contribution in [0.3, 0.4) is 0 Å². The molecule has 0 radical (unpaired) electrons. The molecule has 0 aliphatic rings. The second-order valence-electron chi connectivity index (χ2n) is 8.16. The molecule has 0 bridgehead atoms. The number of pyridine rings is 2. The average Bonchev–Trinajstić information content (AvgIpc) is 2.89. The largest absolute Gasteiger partial charge is 0.480 e. The van der Waals surface area contributed by atoms with E-state index in [2.05, 4.69) is 15.3 Å². The standard InChI is InChI=1S/C28H26N4O3/c29-23(17-19-9-2-1-3-10-19)27(33)32-26(28(34)35)18-22-20(24-13-4-6-15-30-24)11-8-12-21(22)25-14-5-7-16-31-25/h1-16,23,26H,17-18,29H2,(H,32,33)(H,34,35)/t23-,26-/m0/s1. The van der Waals surface area contributed by atoms with Crippen molar-refractivity contribution in [3.8, 4) is 22.5 Å². The lowest BCUT2D eigenvalue weighted by Gasteiger charge is -2.21. The predicted molar refractivity (Wildman–Crippen MR) is 134 cm³/mol. The van der Waals surface area contributed by atoms with E-state index >= 15 is 0 Å². The van der Waals surface area contributed by atoms with E-state index in [9.17, 15) is 14.7 Å². The summed E-state index contributed by atoms with van der Waals surface area (Å²) in [6, 6.07) is 24.1. The summed E-state index contributed by atoms with van der Waals surface area (Å²) in [7, 11) is 0. The van der Waals surface area contributed by atoms with Gasteiger partial charge < -0.3 is 16.2 Å². The van der Waals surface area contributed by atoms with E-state index in [-0.39, 0.29) is 6.42 Å². The molecule has 0 aliphatic heterocycles. The SMILES string of the molecule is N[C@@H](Cc1ccccc1)C(=O)N[C@@H](Cc1c(-c2ccccn2)cccc1-c1ccccn1)C(=O)O. The van der Waals surface area contributed by atoms with E-state index in [1.54, 1.807) is 12.4 Å². The van der Waals surface area contributed by atoms with Crippen LogP contribution < -0.4 is 11.1 Å². The Morgan fingerprint density at radius 2 is 1.34 bits per heavy atom. The first kappa shape index (κ1) is 23.8. The molecule has 176 valence electrons. The molecular formula is C28H26N4O3. The minimum Gasteiger partial charge on any atom is -0.480 e. The molecule has 2 aromatic carbocycles. The third-order valence-corrected chi connectivity index (χ3v) is 5.72. The lowest BCUT2D eigenvalue weighted by atomic mass is 9.91. The van der Waals surface area contributed by atoms with Gasteiger partial charge in [0.2, 0.25) is 5.91 Å². The molecule has 0 saturated carbocycles. The first-order valence-electron chi connectivity index (χ1n) is 11.3. The number of hydrogen-bond acceptors (Lipinski definition) is 5. The van der Waals surface area contributed by atoms with Gasteiger partial charge in [-0.05, 0) is 41.8 Å². The predicted octanol–water partition coefficient (Wildman–Crippen LogP) is 3.49. The Bertz CT molecular complexity index is 1220. The number of carbonyl (C=O) groups excluding carboxylic acids is 1. The van der Waals surface area contributed by atoms with Gasteiger partial charge in [0.05, 0.1) is 17.4 Å². The van der Waals surface area contributed by atoms with Crippen molar-refractivity contribution in [2.24, 2.45) is 5.73 Å². The van der Waals surface area contributed by atoms with E-state index < -0.39 is 24.0 Å². The minimum absolute atomic E-state index is 0.0395. The molecule has 0 spiro atoms.